The largest absolute Gasteiger partial charge is 0.481 e. The van der Waals surface area contributed by atoms with E-state index in [0.717, 1.165) is 23.1 Å². The number of rotatable bonds is 4. The summed E-state index contributed by atoms with van der Waals surface area (Å²) in [7, 11) is 0. The summed E-state index contributed by atoms with van der Waals surface area (Å²) in [5.74, 6) is -0.955. The summed E-state index contributed by atoms with van der Waals surface area (Å²) in [6.45, 7) is 3.35. The molecule has 2 amide bonds. The van der Waals surface area contributed by atoms with Crippen LogP contribution in [0.2, 0.25) is 0 Å². The van der Waals surface area contributed by atoms with Gasteiger partial charge in [0.25, 0.3) is 11.8 Å². The van der Waals surface area contributed by atoms with Gasteiger partial charge in [-0.25, -0.2) is 4.39 Å². The number of hydrogen-bond acceptors (Lipinski definition) is 4. The van der Waals surface area contributed by atoms with Gasteiger partial charge in [0.15, 0.2) is 6.61 Å². The first-order valence-corrected chi connectivity index (χ1v) is 9.49. The number of nitrogens with one attached hydrogen (secondary N) is 1. The van der Waals surface area contributed by atoms with Gasteiger partial charge in [0.1, 0.15) is 11.6 Å². The lowest BCUT2D eigenvalue weighted by Gasteiger charge is -2.39. The lowest BCUT2D eigenvalue weighted by Crippen LogP contribution is -2.52. The number of amides is 2. The van der Waals surface area contributed by atoms with Crippen molar-refractivity contribution in [1.82, 2.24) is 4.90 Å². The lowest BCUT2D eigenvalue weighted by atomic mass is 9.98. The summed E-state index contributed by atoms with van der Waals surface area (Å²) in [5, 5.41) is 3.35. The minimum absolute atomic E-state index is 0.00560. The Morgan fingerprint density at radius 2 is 2.21 bits per heavy atom. The van der Waals surface area contributed by atoms with Crippen LogP contribution in [0.5, 0.6) is 5.75 Å². The second-order valence-electron chi connectivity index (χ2n) is 7.30. The Balaban J connectivity index is 1.31. The maximum Gasteiger partial charge on any atom is 0.262 e. The van der Waals surface area contributed by atoms with Gasteiger partial charge in [0.2, 0.25) is 0 Å². The van der Waals surface area contributed by atoms with Crippen molar-refractivity contribution in [2.45, 2.75) is 19.4 Å². The zero-order valence-corrected chi connectivity index (χ0v) is 16.1. The molecule has 1 unspecified atom stereocenters. The highest BCUT2D eigenvalue weighted by Crippen LogP contribution is 2.32. The number of halogens is 2. The third-order valence-electron chi connectivity index (χ3n) is 5.10. The van der Waals surface area contributed by atoms with E-state index in [1.54, 1.807) is 4.90 Å². The van der Waals surface area contributed by atoms with Gasteiger partial charge in [-0.05, 0) is 25.5 Å². The van der Waals surface area contributed by atoms with E-state index in [1.807, 2.05) is 19.1 Å². The molecule has 148 valence electrons. The van der Waals surface area contributed by atoms with Gasteiger partial charge in [-0.3, -0.25) is 9.59 Å². The zero-order valence-electron chi connectivity index (χ0n) is 15.3. The molecule has 1 aromatic rings. The quantitative estimate of drug-likeness (QED) is 0.834. The minimum Gasteiger partial charge on any atom is -0.481 e. The maximum absolute atomic E-state index is 14.3. The molecule has 1 aliphatic carbocycles. The molecular weight excluding hydrogens is 387 g/mol. The van der Waals surface area contributed by atoms with Crippen LogP contribution in [0, 0.1) is 11.7 Å². The normalized spacial score (nSPS) is 21.8. The second-order valence-corrected chi connectivity index (χ2v) is 7.71. The summed E-state index contributed by atoms with van der Waals surface area (Å²) in [4.78, 5) is 25.6. The summed E-state index contributed by atoms with van der Waals surface area (Å²) in [6, 6.07) is 2.47. The first-order valence-electron chi connectivity index (χ1n) is 9.11. The second kappa shape index (κ2) is 7.56. The van der Waals surface area contributed by atoms with Crippen molar-refractivity contribution in [2.24, 2.45) is 5.92 Å². The predicted molar refractivity (Wildman–Crippen MR) is 102 cm³/mol. The number of carbonyl (C=O) groups is 2. The number of nitrogens with zero attached hydrogens (tertiary/aromatic N) is 1. The minimum atomic E-state index is -0.661. The standard InChI is InChI=1S/C20H20ClFN2O4/c1-11-4-13(2-3-15(11)21)27-9-12-7-24(8-12)20(26)14-5-17-18(6-16(14)22)28-10-19(25)23-17/h2-3,5-6,12-13H,4,7-10H2,1H3,(H,23,25). The van der Waals surface area contributed by atoms with E-state index in [0.29, 0.717) is 25.4 Å². The highest BCUT2D eigenvalue weighted by molar-refractivity contribution is 6.31. The van der Waals surface area contributed by atoms with Gasteiger partial charge >= 0.3 is 0 Å². The van der Waals surface area contributed by atoms with Crippen molar-refractivity contribution in [3.63, 3.8) is 0 Å². The number of benzene rings is 1. The molecular formula is C20H20ClFN2O4. The predicted octanol–water partition coefficient (Wildman–Crippen LogP) is 3.09. The Morgan fingerprint density at radius 1 is 1.43 bits per heavy atom. The van der Waals surface area contributed by atoms with Crippen LogP contribution in [0.4, 0.5) is 10.1 Å². The molecule has 8 heteroatoms. The van der Waals surface area contributed by atoms with Crippen molar-refractivity contribution < 1.29 is 23.5 Å². The van der Waals surface area contributed by atoms with Crippen LogP contribution in [-0.2, 0) is 9.53 Å². The van der Waals surface area contributed by atoms with Gasteiger partial charge in [0.05, 0.1) is 24.0 Å². The smallest absolute Gasteiger partial charge is 0.262 e. The van der Waals surface area contributed by atoms with Crippen molar-refractivity contribution in [3.05, 3.63) is 46.3 Å². The number of anilines is 1. The van der Waals surface area contributed by atoms with E-state index >= 15 is 0 Å². The van der Waals surface area contributed by atoms with Crippen molar-refractivity contribution in [1.29, 1.82) is 0 Å². The molecule has 4 rings (SSSR count). The van der Waals surface area contributed by atoms with Gasteiger partial charge in [-0.2, -0.15) is 0 Å². The third-order valence-corrected chi connectivity index (χ3v) is 5.54. The molecule has 2 aliphatic heterocycles. The Labute approximate surface area is 166 Å². The van der Waals surface area contributed by atoms with Crippen LogP contribution < -0.4 is 10.1 Å². The van der Waals surface area contributed by atoms with Crippen molar-refractivity contribution in [2.75, 3.05) is 31.6 Å². The Morgan fingerprint density at radius 3 is 2.96 bits per heavy atom. The number of ether oxygens (including phenoxy) is 2. The lowest BCUT2D eigenvalue weighted by molar-refractivity contribution is -0.118. The number of allylic oxidation sites excluding steroid dienone is 2. The molecule has 1 fully saturated rings. The maximum atomic E-state index is 14.3. The molecule has 1 saturated heterocycles. The molecule has 6 nitrogen and oxygen atoms in total. The molecule has 0 bridgehead atoms. The van der Waals surface area contributed by atoms with E-state index in [1.165, 1.54) is 6.07 Å². The SMILES string of the molecule is CC1=C(Cl)C=CC(OCC2CN(C(=O)c3cc4c(cc3F)OCC(=O)N4)C2)C1. The summed E-state index contributed by atoms with van der Waals surface area (Å²) in [6.07, 6.45) is 4.55. The van der Waals surface area contributed by atoms with E-state index < -0.39 is 11.7 Å². The number of carbonyl (C=O) groups excluding carboxylic acids is 2. The van der Waals surface area contributed by atoms with Gasteiger partial charge in [-0.15, -0.1) is 0 Å². The van der Waals surface area contributed by atoms with Crippen LogP contribution in [0.15, 0.2) is 34.9 Å². The molecule has 0 saturated carbocycles. The number of fused-ring (bicyclic) bond motifs is 1. The first kappa shape index (κ1) is 19.0. The van der Waals surface area contributed by atoms with Crippen LogP contribution in [0.3, 0.4) is 0 Å². The van der Waals surface area contributed by atoms with Crippen LogP contribution >= 0.6 is 11.6 Å². The average molecular weight is 407 g/mol. The highest BCUT2D eigenvalue weighted by Gasteiger charge is 2.34. The van der Waals surface area contributed by atoms with Crippen molar-refractivity contribution >= 4 is 29.1 Å². The summed E-state index contributed by atoms with van der Waals surface area (Å²) in [5.41, 5.74) is 1.33. The van der Waals surface area contributed by atoms with Gasteiger partial charge < -0.3 is 19.7 Å². The van der Waals surface area contributed by atoms with Crippen molar-refractivity contribution in [3.8, 4) is 5.75 Å². The molecule has 0 spiro atoms. The van der Waals surface area contributed by atoms with E-state index in [4.69, 9.17) is 21.1 Å². The van der Waals surface area contributed by atoms with E-state index in [9.17, 15) is 14.0 Å². The highest BCUT2D eigenvalue weighted by atomic mass is 35.5. The van der Waals surface area contributed by atoms with E-state index in [2.05, 4.69) is 5.32 Å². The van der Waals surface area contributed by atoms with E-state index in [-0.39, 0.29) is 35.8 Å². The number of hydrogen-bond donors (Lipinski definition) is 1. The summed E-state index contributed by atoms with van der Waals surface area (Å²) < 4.78 is 25.4. The molecule has 1 N–H and O–H groups in total. The monoisotopic (exact) mass is 406 g/mol. The Kier molecular flexibility index (Phi) is 5.12. The molecule has 0 radical (unpaired) electrons. The first-order chi connectivity index (χ1) is 13.4. The average Bonchev–Trinajstić information content (AvgIpc) is 2.62. The number of likely N-dealkylation sites (tertiary alicyclic amines) is 1. The van der Waals surface area contributed by atoms with Crippen LogP contribution in [0.1, 0.15) is 23.7 Å². The zero-order chi connectivity index (χ0) is 19.8. The fraction of sp³-hybridized carbons (Fsp3) is 0.400. The fourth-order valence-electron chi connectivity index (χ4n) is 3.45. The molecule has 3 aliphatic rings. The van der Waals surface area contributed by atoms with Crippen LogP contribution in [0.25, 0.3) is 0 Å². The van der Waals surface area contributed by atoms with Gasteiger partial charge in [-0.1, -0.05) is 23.3 Å². The molecule has 0 aromatic heterocycles. The molecule has 1 atom stereocenters. The Bertz CT molecular complexity index is 892. The fourth-order valence-corrected chi connectivity index (χ4v) is 3.60. The van der Waals surface area contributed by atoms with Crippen LogP contribution in [-0.4, -0.2) is 49.1 Å². The third kappa shape index (κ3) is 3.77. The topological polar surface area (TPSA) is 67.9 Å². The molecule has 28 heavy (non-hydrogen) atoms. The Hall–Kier alpha value is -2.38. The van der Waals surface area contributed by atoms with Gasteiger partial charge in [0, 0.05) is 30.1 Å². The molecule has 2 heterocycles. The molecule has 1 aromatic carbocycles. The summed E-state index contributed by atoms with van der Waals surface area (Å²) >= 11 is 6.04.